The lowest BCUT2D eigenvalue weighted by Crippen LogP contribution is -2.53. The van der Waals surface area contributed by atoms with Gasteiger partial charge < -0.3 is 14.9 Å². The summed E-state index contributed by atoms with van der Waals surface area (Å²) in [5.74, 6) is 3.04. The zero-order valence-corrected chi connectivity index (χ0v) is 11.0. The van der Waals surface area contributed by atoms with E-state index in [2.05, 4.69) is 0 Å². The van der Waals surface area contributed by atoms with Crippen LogP contribution in [0.5, 0.6) is 17.2 Å². The second kappa shape index (κ2) is 3.81. The van der Waals surface area contributed by atoms with Crippen LogP contribution in [0.4, 0.5) is 0 Å². The molecule has 0 amide bonds. The molecule has 3 nitrogen and oxygen atoms in total. The van der Waals surface area contributed by atoms with Crippen molar-refractivity contribution >= 4 is 0 Å². The molecule has 3 heteroatoms. The molecule has 0 aromatic heterocycles. The fourth-order valence-corrected chi connectivity index (χ4v) is 4.97. The van der Waals surface area contributed by atoms with Crippen molar-refractivity contribution in [2.24, 2.45) is 17.8 Å². The maximum Gasteiger partial charge on any atom is 0.161 e. The van der Waals surface area contributed by atoms with Crippen LogP contribution in [0.3, 0.4) is 0 Å². The first-order chi connectivity index (χ1) is 9.12. The molecule has 5 rings (SSSR count). The molecule has 0 saturated heterocycles. The summed E-state index contributed by atoms with van der Waals surface area (Å²) in [6.45, 7) is 0. The van der Waals surface area contributed by atoms with E-state index in [1.54, 1.807) is 6.07 Å². The van der Waals surface area contributed by atoms with Gasteiger partial charge in [-0.3, -0.25) is 0 Å². The van der Waals surface area contributed by atoms with Crippen LogP contribution < -0.4 is 4.74 Å². The molecule has 4 aliphatic carbocycles. The summed E-state index contributed by atoms with van der Waals surface area (Å²) in [4.78, 5) is 0. The first kappa shape index (κ1) is 11.4. The third-order valence-corrected chi connectivity index (χ3v) is 5.26. The maximum atomic E-state index is 9.58. The Balaban J connectivity index is 1.60. The van der Waals surface area contributed by atoms with Crippen LogP contribution in [0.2, 0.25) is 0 Å². The minimum Gasteiger partial charge on any atom is -0.504 e. The molecule has 0 unspecified atom stereocenters. The quantitative estimate of drug-likeness (QED) is 0.801. The van der Waals surface area contributed by atoms with E-state index in [9.17, 15) is 10.2 Å². The van der Waals surface area contributed by atoms with Gasteiger partial charge in [-0.2, -0.15) is 0 Å². The summed E-state index contributed by atoms with van der Waals surface area (Å²) in [5, 5.41) is 19.0. The molecule has 2 N–H and O–H groups in total. The molecule has 4 saturated carbocycles. The Morgan fingerprint density at radius 1 is 0.895 bits per heavy atom. The summed E-state index contributed by atoms with van der Waals surface area (Å²) in [5.41, 5.74) is -0.00182. The second-order valence-corrected chi connectivity index (χ2v) is 6.85. The highest BCUT2D eigenvalue weighted by molar-refractivity contribution is 5.43. The topological polar surface area (TPSA) is 49.7 Å². The molecule has 1 aromatic carbocycles. The Bertz CT molecular complexity index is 473. The first-order valence-electron chi connectivity index (χ1n) is 7.33. The summed E-state index contributed by atoms with van der Waals surface area (Å²) in [6.07, 6.45) is 7.68. The standard InChI is InChI=1S/C16H20O3/c17-14-2-1-13(6-15(14)18)19-16-7-10-3-11(8-16)5-12(4-10)9-16/h1-2,6,10-12,17-18H,3-5,7-9H2. The summed E-state index contributed by atoms with van der Waals surface area (Å²) in [7, 11) is 0. The molecule has 102 valence electrons. The van der Waals surface area contributed by atoms with Gasteiger partial charge in [0.2, 0.25) is 0 Å². The van der Waals surface area contributed by atoms with Gasteiger partial charge in [-0.05, 0) is 68.4 Å². The zero-order chi connectivity index (χ0) is 13.0. The van der Waals surface area contributed by atoms with Crippen molar-refractivity contribution < 1.29 is 14.9 Å². The average Bonchev–Trinajstić information content (AvgIpc) is 2.31. The van der Waals surface area contributed by atoms with Gasteiger partial charge in [-0.25, -0.2) is 0 Å². The summed E-state index contributed by atoms with van der Waals surface area (Å²) >= 11 is 0. The molecule has 19 heavy (non-hydrogen) atoms. The first-order valence-corrected chi connectivity index (χ1v) is 7.33. The normalized spacial score (nSPS) is 39.5. The predicted molar refractivity (Wildman–Crippen MR) is 71.3 cm³/mol. The molecule has 4 aliphatic rings. The Labute approximate surface area is 113 Å². The molecule has 0 radical (unpaired) electrons. The number of hydrogen-bond acceptors (Lipinski definition) is 3. The number of phenolic OH excluding ortho intramolecular Hbond substituents is 2. The Morgan fingerprint density at radius 3 is 2.00 bits per heavy atom. The van der Waals surface area contributed by atoms with E-state index >= 15 is 0 Å². The van der Waals surface area contributed by atoms with Crippen LogP contribution in [0.25, 0.3) is 0 Å². The predicted octanol–water partition coefficient (Wildman–Crippen LogP) is 3.45. The van der Waals surface area contributed by atoms with Crippen LogP contribution >= 0.6 is 0 Å². The third kappa shape index (κ3) is 1.87. The maximum absolute atomic E-state index is 9.58. The van der Waals surface area contributed by atoms with E-state index in [-0.39, 0.29) is 17.1 Å². The van der Waals surface area contributed by atoms with E-state index in [1.165, 1.54) is 50.7 Å². The number of phenols is 2. The highest BCUT2D eigenvalue weighted by Gasteiger charge is 2.52. The van der Waals surface area contributed by atoms with Gasteiger partial charge in [0.25, 0.3) is 0 Å². The van der Waals surface area contributed by atoms with Gasteiger partial charge in [0.05, 0.1) is 0 Å². The number of aromatic hydroxyl groups is 2. The van der Waals surface area contributed by atoms with Gasteiger partial charge in [-0.15, -0.1) is 0 Å². The molecular formula is C16H20O3. The van der Waals surface area contributed by atoms with Gasteiger partial charge in [0.15, 0.2) is 11.5 Å². The van der Waals surface area contributed by atoms with Crippen LogP contribution in [-0.2, 0) is 0 Å². The van der Waals surface area contributed by atoms with Crippen LogP contribution in [0.15, 0.2) is 18.2 Å². The summed E-state index contributed by atoms with van der Waals surface area (Å²) < 4.78 is 6.28. The fourth-order valence-electron chi connectivity index (χ4n) is 4.97. The molecular weight excluding hydrogens is 240 g/mol. The Morgan fingerprint density at radius 2 is 1.47 bits per heavy atom. The molecule has 0 spiro atoms. The average molecular weight is 260 g/mol. The Hall–Kier alpha value is -1.38. The van der Waals surface area contributed by atoms with Crippen molar-refractivity contribution in [3.05, 3.63) is 18.2 Å². The number of ether oxygens (including phenoxy) is 1. The lowest BCUT2D eigenvalue weighted by Gasteiger charge is -2.56. The Kier molecular flexibility index (Phi) is 2.30. The minimum absolute atomic E-state index is 0.00182. The van der Waals surface area contributed by atoms with Crippen molar-refractivity contribution in [2.75, 3.05) is 0 Å². The molecule has 0 atom stereocenters. The van der Waals surface area contributed by atoms with Crippen LogP contribution in [-0.4, -0.2) is 15.8 Å². The SMILES string of the molecule is Oc1ccc(OC23CC4CC(CC(C4)C2)C3)cc1O. The minimum atomic E-state index is -0.0952. The molecule has 1 aromatic rings. The fraction of sp³-hybridized carbons (Fsp3) is 0.625. The van der Waals surface area contributed by atoms with E-state index in [0.29, 0.717) is 5.75 Å². The molecule has 0 aliphatic heterocycles. The smallest absolute Gasteiger partial charge is 0.161 e. The second-order valence-electron chi connectivity index (χ2n) is 6.85. The van der Waals surface area contributed by atoms with Crippen molar-refractivity contribution in [2.45, 2.75) is 44.1 Å². The monoisotopic (exact) mass is 260 g/mol. The van der Waals surface area contributed by atoms with Gasteiger partial charge in [0, 0.05) is 6.07 Å². The largest absolute Gasteiger partial charge is 0.504 e. The van der Waals surface area contributed by atoms with Gasteiger partial charge in [-0.1, -0.05) is 0 Å². The molecule has 0 heterocycles. The third-order valence-electron chi connectivity index (χ3n) is 5.26. The van der Waals surface area contributed by atoms with Gasteiger partial charge in [0.1, 0.15) is 11.4 Å². The van der Waals surface area contributed by atoms with E-state index < -0.39 is 0 Å². The highest BCUT2D eigenvalue weighted by atomic mass is 16.5. The van der Waals surface area contributed by atoms with Crippen molar-refractivity contribution in [1.29, 1.82) is 0 Å². The van der Waals surface area contributed by atoms with Crippen LogP contribution in [0.1, 0.15) is 38.5 Å². The number of rotatable bonds is 2. The lowest BCUT2D eigenvalue weighted by atomic mass is 9.54. The number of benzene rings is 1. The zero-order valence-electron chi connectivity index (χ0n) is 11.0. The highest BCUT2D eigenvalue weighted by Crippen LogP contribution is 2.57. The van der Waals surface area contributed by atoms with E-state index in [4.69, 9.17) is 4.74 Å². The van der Waals surface area contributed by atoms with E-state index in [0.717, 1.165) is 17.8 Å². The number of hydrogen-bond donors (Lipinski definition) is 2. The van der Waals surface area contributed by atoms with Crippen LogP contribution in [0, 0.1) is 17.8 Å². The van der Waals surface area contributed by atoms with Crippen molar-refractivity contribution in [3.8, 4) is 17.2 Å². The summed E-state index contributed by atoms with van der Waals surface area (Å²) in [6, 6.07) is 4.80. The van der Waals surface area contributed by atoms with Crippen molar-refractivity contribution in [3.63, 3.8) is 0 Å². The molecule has 4 bridgehead atoms. The lowest BCUT2D eigenvalue weighted by molar-refractivity contribution is -0.107. The molecule has 4 fully saturated rings. The van der Waals surface area contributed by atoms with Crippen molar-refractivity contribution in [1.82, 2.24) is 0 Å². The van der Waals surface area contributed by atoms with E-state index in [1.807, 2.05) is 0 Å². The van der Waals surface area contributed by atoms with Gasteiger partial charge >= 0.3 is 0 Å².